The van der Waals surface area contributed by atoms with Gasteiger partial charge in [0.15, 0.2) is 0 Å². The summed E-state index contributed by atoms with van der Waals surface area (Å²) in [5.41, 5.74) is 0.941. The van der Waals surface area contributed by atoms with Gasteiger partial charge < -0.3 is 10.1 Å². The van der Waals surface area contributed by atoms with Gasteiger partial charge in [-0.15, -0.1) is 10.2 Å². The predicted octanol–water partition coefficient (Wildman–Crippen LogP) is 1.93. The average Bonchev–Trinajstić information content (AvgIpc) is 3.28. The molecule has 2 aromatic rings. The van der Waals surface area contributed by atoms with Crippen LogP contribution in [0.25, 0.3) is 0 Å². The minimum Gasteiger partial charge on any atom is -0.374 e. The van der Waals surface area contributed by atoms with E-state index in [2.05, 4.69) is 15.5 Å². The van der Waals surface area contributed by atoms with E-state index in [0.29, 0.717) is 42.9 Å². The van der Waals surface area contributed by atoms with Gasteiger partial charge in [-0.2, -0.15) is 0 Å². The second kappa shape index (κ2) is 9.01. The highest BCUT2D eigenvalue weighted by atomic mass is 32.1. The Hall–Kier alpha value is -2.39. The number of amides is 2. The fraction of sp³-hybridized carbons (Fsp3) is 0.444. The molecule has 0 aliphatic carbocycles. The van der Waals surface area contributed by atoms with Crippen LogP contribution in [0.15, 0.2) is 24.3 Å². The molecule has 1 aliphatic heterocycles. The van der Waals surface area contributed by atoms with E-state index in [4.69, 9.17) is 4.74 Å². The van der Waals surface area contributed by atoms with E-state index in [1.54, 1.807) is 12.1 Å². The number of benzene rings is 1. The third kappa shape index (κ3) is 5.08. The summed E-state index contributed by atoms with van der Waals surface area (Å²) < 4.78 is 18.2. The first kappa shape index (κ1) is 19.4. The molecule has 1 unspecified atom stereocenters. The molecule has 9 heteroatoms. The van der Waals surface area contributed by atoms with Crippen LogP contribution < -0.4 is 10.2 Å². The molecule has 27 heavy (non-hydrogen) atoms. The fourth-order valence-corrected chi connectivity index (χ4v) is 3.60. The molecule has 1 N–H and O–H groups in total. The van der Waals surface area contributed by atoms with Crippen LogP contribution in [0.2, 0.25) is 0 Å². The van der Waals surface area contributed by atoms with Crippen molar-refractivity contribution in [1.82, 2.24) is 15.5 Å². The summed E-state index contributed by atoms with van der Waals surface area (Å²) in [6.45, 7) is 3.57. The molecule has 7 nitrogen and oxygen atoms in total. The molecule has 3 rings (SSSR count). The number of halogens is 1. The van der Waals surface area contributed by atoms with Gasteiger partial charge in [0, 0.05) is 26.1 Å². The second-order valence-corrected chi connectivity index (χ2v) is 7.23. The van der Waals surface area contributed by atoms with Crippen molar-refractivity contribution in [2.75, 3.05) is 24.6 Å². The molecule has 0 spiro atoms. The minimum atomic E-state index is -0.412. The Balaban J connectivity index is 1.49. The van der Waals surface area contributed by atoms with E-state index in [0.717, 1.165) is 5.56 Å². The summed E-state index contributed by atoms with van der Waals surface area (Å²) in [6, 6.07) is 6.17. The van der Waals surface area contributed by atoms with Gasteiger partial charge in [0.2, 0.25) is 16.9 Å². The number of aromatic nitrogens is 2. The molecule has 0 radical (unpaired) electrons. The van der Waals surface area contributed by atoms with E-state index in [9.17, 15) is 14.0 Å². The van der Waals surface area contributed by atoms with Crippen molar-refractivity contribution in [3.8, 4) is 0 Å². The number of nitrogens with zero attached hydrogens (tertiary/aromatic N) is 3. The largest absolute Gasteiger partial charge is 0.374 e. The summed E-state index contributed by atoms with van der Waals surface area (Å²) in [6.07, 6.45) is 0.760. The number of carbonyl (C=O) groups excluding carboxylic acids is 2. The molecular weight excluding hydrogens is 371 g/mol. The summed E-state index contributed by atoms with van der Waals surface area (Å²) in [4.78, 5) is 26.1. The van der Waals surface area contributed by atoms with Gasteiger partial charge in [0.1, 0.15) is 17.4 Å². The number of hydrogen-bond donors (Lipinski definition) is 1. The fourth-order valence-electron chi connectivity index (χ4n) is 2.80. The number of carbonyl (C=O) groups is 2. The molecule has 2 heterocycles. The smallest absolute Gasteiger partial charge is 0.229 e. The molecule has 1 aliphatic rings. The van der Waals surface area contributed by atoms with Crippen LogP contribution in [-0.2, 0) is 27.4 Å². The average molecular weight is 392 g/mol. The predicted molar refractivity (Wildman–Crippen MR) is 98.8 cm³/mol. The van der Waals surface area contributed by atoms with Gasteiger partial charge in [-0.1, -0.05) is 23.5 Å². The second-order valence-electron chi connectivity index (χ2n) is 6.19. The number of rotatable bonds is 8. The van der Waals surface area contributed by atoms with Crippen LogP contribution in [-0.4, -0.2) is 41.7 Å². The summed E-state index contributed by atoms with van der Waals surface area (Å²) in [7, 11) is 0. The maximum atomic E-state index is 12.9. The quantitative estimate of drug-likeness (QED) is 0.742. The highest BCUT2D eigenvalue weighted by Gasteiger charge is 2.36. The van der Waals surface area contributed by atoms with Gasteiger partial charge in [0.25, 0.3) is 0 Å². The first-order chi connectivity index (χ1) is 13.1. The van der Waals surface area contributed by atoms with Crippen molar-refractivity contribution >= 4 is 28.3 Å². The Morgan fingerprint density at radius 3 is 2.89 bits per heavy atom. The zero-order valence-corrected chi connectivity index (χ0v) is 15.8. The maximum Gasteiger partial charge on any atom is 0.229 e. The molecule has 0 bridgehead atoms. The molecule has 1 atom stereocenters. The zero-order valence-electron chi connectivity index (χ0n) is 15.0. The lowest BCUT2D eigenvalue weighted by Crippen LogP contribution is -2.34. The lowest BCUT2D eigenvalue weighted by atomic mass is 10.1. The van der Waals surface area contributed by atoms with Gasteiger partial charge in [-0.05, 0) is 31.0 Å². The van der Waals surface area contributed by atoms with Crippen molar-refractivity contribution in [1.29, 1.82) is 0 Å². The zero-order chi connectivity index (χ0) is 19.2. The Morgan fingerprint density at radius 2 is 2.15 bits per heavy atom. The third-order valence-electron chi connectivity index (χ3n) is 4.24. The lowest BCUT2D eigenvalue weighted by molar-refractivity contribution is -0.126. The molecule has 2 amide bonds. The van der Waals surface area contributed by atoms with E-state index in [1.807, 2.05) is 6.92 Å². The topological polar surface area (TPSA) is 84.4 Å². The Labute approximate surface area is 160 Å². The van der Waals surface area contributed by atoms with Crippen molar-refractivity contribution < 1.29 is 18.7 Å². The highest BCUT2D eigenvalue weighted by Crippen LogP contribution is 2.28. The third-order valence-corrected chi connectivity index (χ3v) is 5.16. The lowest BCUT2D eigenvalue weighted by Gasteiger charge is -2.12. The van der Waals surface area contributed by atoms with E-state index < -0.39 is 5.92 Å². The van der Waals surface area contributed by atoms with Crippen molar-refractivity contribution in [2.45, 2.75) is 26.4 Å². The minimum absolute atomic E-state index is 0.132. The molecule has 1 aromatic heterocycles. The van der Waals surface area contributed by atoms with Crippen LogP contribution in [0.1, 0.15) is 23.9 Å². The van der Waals surface area contributed by atoms with Crippen LogP contribution in [0.4, 0.5) is 9.52 Å². The Bertz CT molecular complexity index is 796. The van der Waals surface area contributed by atoms with E-state index >= 15 is 0 Å². The molecule has 1 saturated heterocycles. The van der Waals surface area contributed by atoms with E-state index in [1.165, 1.54) is 28.4 Å². The summed E-state index contributed by atoms with van der Waals surface area (Å²) >= 11 is 1.30. The monoisotopic (exact) mass is 392 g/mol. The van der Waals surface area contributed by atoms with Crippen LogP contribution in [0, 0.1) is 11.7 Å². The number of nitrogens with one attached hydrogen (secondary N) is 1. The number of ether oxygens (including phenoxy) is 1. The SMILES string of the molecule is CCOCc1nnc(N2CC(C(=O)NCCc3ccc(F)cc3)CC2=O)s1. The van der Waals surface area contributed by atoms with Crippen molar-refractivity contribution in [3.63, 3.8) is 0 Å². The van der Waals surface area contributed by atoms with Gasteiger partial charge >= 0.3 is 0 Å². The standard InChI is InChI=1S/C18H21FN4O3S/c1-2-26-11-15-21-22-18(27-15)23-10-13(9-16(23)24)17(25)20-8-7-12-3-5-14(19)6-4-12/h3-6,13H,2,7-11H2,1H3,(H,20,25). The first-order valence-electron chi connectivity index (χ1n) is 8.79. The Kier molecular flexibility index (Phi) is 6.46. The number of anilines is 1. The van der Waals surface area contributed by atoms with Gasteiger partial charge in [0.05, 0.1) is 5.92 Å². The molecule has 1 aromatic carbocycles. The van der Waals surface area contributed by atoms with E-state index in [-0.39, 0.29) is 24.1 Å². The van der Waals surface area contributed by atoms with Gasteiger partial charge in [-0.25, -0.2) is 4.39 Å². The molecular formula is C18H21FN4O3S. The van der Waals surface area contributed by atoms with Crippen LogP contribution in [0.3, 0.4) is 0 Å². The van der Waals surface area contributed by atoms with Gasteiger partial charge in [-0.3, -0.25) is 14.5 Å². The van der Waals surface area contributed by atoms with Crippen molar-refractivity contribution in [2.24, 2.45) is 5.92 Å². The summed E-state index contributed by atoms with van der Waals surface area (Å²) in [5, 5.41) is 12.1. The van der Waals surface area contributed by atoms with Crippen molar-refractivity contribution in [3.05, 3.63) is 40.7 Å². The maximum absolute atomic E-state index is 12.9. The Morgan fingerprint density at radius 1 is 1.37 bits per heavy atom. The molecule has 1 fully saturated rings. The highest BCUT2D eigenvalue weighted by molar-refractivity contribution is 7.15. The van der Waals surface area contributed by atoms with Crippen LogP contribution >= 0.6 is 11.3 Å². The summed E-state index contributed by atoms with van der Waals surface area (Å²) in [5.74, 6) is -0.988. The molecule has 144 valence electrons. The molecule has 0 saturated carbocycles. The normalized spacial score (nSPS) is 16.7. The van der Waals surface area contributed by atoms with Crippen LogP contribution in [0.5, 0.6) is 0 Å². The number of hydrogen-bond acceptors (Lipinski definition) is 6. The first-order valence-corrected chi connectivity index (χ1v) is 9.61.